The largest absolute Gasteiger partial charge is 0.327 e. The zero-order valence-electron chi connectivity index (χ0n) is 11.2. The van der Waals surface area contributed by atoms with E-state index >= 15 is 0 Å². The lowest BCUT2D eigenvalue weighted by molar-refractivity contribution is -0.116. The number of nitrogens with two attached hydrogens (primary N) is 1. The van der Waals surface area contributed by atoms with Gasteiger partial charge in [0.2, 0.25) is 5.91 Å². The summed E-state index contributed by atoms with van der Waals surface area (Å²) in [5.74, 6) is -0.772. The van der Waals surface area contributed by atoms with Crippen molar-refractivity contribution in [3.63, 3.8) is 0 Å². The number of nitrogens with one attached hydrogen (secondary N) is 1. The molecule has 1 amide bonds. The van der Waals surface area contributed by atoms with Crippen LogP contribution in [-0.2, 0) is 4.79 Å². The third-order valence-electron chi connectivity index (χ3n) is 2.85. The van der Waals surface area contributed by atoms with Gasteiger partial charge in [-0.2, -0.15) is 5.26 Å². The number of nitrogens with zero attached hydrogens (tertiary/aromatic N) is 1. The maximum atomic E-state index is 13.5. The highest BCUT2D eigenvalue weighted by Gasteiger charge is 2.12. The molecule has 102 valence electrons. The summed E-state index contributed by atoms with van der Waals surface area (Å²) in [6.45, 7) is 3.55. The maximum Gasteiger partial charge on any atom is 0.225 e. The molecule has 1 unspecified atom stereocenters. The predicted molar refractivity (Wildman–Crippen MR) is 72.0 cm³/mol. The van der Waals surface area contributed by atoms with Gasteiger partial charge in [-0.25, -0.2) is 4.39 Å². The number of hydrogen-bond acceptors (Lipinski definition) is 3. The molecule has 0 heterocycles. The van der Waals surface area contributed by atoms with Gasteiger partial charge in [-0.1, -0.05) is 13.3 Å². The molecule has 4 nitrogen and oxygen atoms in total. The van der Waals surface area contributed by atoms with E-state index in [4.69, 9.17) is 11.0 Å². The van der Waals surface area contributed by atoms with Crippen molar-refractivity contribution in [3.05, 3.63) is 29.1 Å². The third kappa shape index (κ3) is 4.34. The minimum atomic E-state index is -0.507. The normalized spacial score (nSPS) is 11.7. The summed E-state index contributed by atoms with van der Waals surface area (Å²) >= 11 is 0. The fourth-order valence-corrected chi connectivity index (χ4v) is 1.79. The number of carbonyl (C=O) groups excluding carboxylic acids is 1. The molecular weight excluding hydrogens is 245 g/mol. The Labute approximate surface area is 112 Å². The van der Waals surface area contributed by atoms with Gasteiger partial charge >= 0.3 is 0 Å². The number of carbonyl (C=O) groups is 1. The van der Waals surface area contributed by atoms with Gasteiger partial charge < -0.3 is 11.1 Å². The molecule has 0 radical (unpaired) electrons. The van der Waals surface area contributed by atoms with Gasteiger partial charge in [-0.05, 0) is 25.5 Å². The first-order valence-electron chi connectivity index (χ1n) is 6.23. The highest BCUT2D eigenvalue weighted by Crippen LogP contribution is 2.20. The van der Waals surface area contributed by atoms with Gasteiger partial charge in [0.15, 0.2) is 0 Å². The van der Waals surface area contributed by atoms with E-state index in [0.717, 1.165) is 18.9 Å². The Morgan fingerprint density at radius 2 is 2.26 bits per heavy atom. The Bertz CT molecular complexity index is 508. The Morgan fingerprint density at radius 3 is 2.84 bits per heavy atom. The van der Waals surface area contributed by atoms with E-state index in [1.165, 1.54) is 6.07 Å². The first kappa shape index (κ1) is 15.1. The number of anilines is 1. The monoisotopic (exact) mass is 263 g/mol. The average molecular weight is 263 g/mol. The van der Waals surface area contributed by atoms with E-state index in [1.54, 1.807) is 6.92 Å². The zero-order chi connectivity index (χ0) is 14.4. The second kappa shape index (κ2) is 6.86. The number of amides is 1. The van der Waals surface area contributed by atoms with Crippen LogP contribution in [0.15, 0.2) is 12.1 Å². The molecule has 1 aromatic rings. The van der Waals surface area contributed by atoms with Crippen LogP contribution < -0.4 is 11.1 Å². The molecule has 1 rings (SSSR count). The zero-order valence-corrected chi connectivity index (χ0v) is 11.2. The van der Waals surface area contributed by atoms with Gasteiger partial charge in [-0.3, -0.25) is 4.79 Å². The molecule has 0 saturated carbocycles. The summed E-state index contributed by atoms with van der Waals surface area (Å²) in [5.41, 5.74) is 6.59. The van der Waals surface area contributed by atoms with Crippen molar-refractivity contribution in [1.29, 1.82) is 5.26 Å². The van der Waals surface area contributed by atoms with E-state index in [9.17, 15) is 9.18 Å². The molecule has 1 atom stereocenters. The molecule has 0 aliphatic carbocycles. The van der Waals surface area contributed by atoms with Gasteiger partial charge in [0.25, 0.3) is 0 Å². The topological polar surface area (TPSA) is 78.9 Å². The number of hydrogen-bond donors (Lipinski definition) is 2. The average Bonchev–Trinajstić information content (AvgIpc) is 2.34. The standard InChI is InChI=1S/C14H18FN3O/c1-3-4-11(17)7-14(19)18-13-6-10(8-16)5-12(15)9(13)2/h5-6,11H,3-4,7,17H2,1-2H3,(H,18,19). The van der Waals surface area contributed by atoms with Gasteiger partial charge in [-0.15, -0.1) is 0 Å². The summed E-state index contributed by atoms with van der Waals surface area (Å²) in [6, 6.07) is 4.26. The summed E-state index contributed by atoms with van der Waals surface area (Å²) < 4.78 is 13.5. The molecule has 0 bridgehead atoms. The summed E-state index contributed by atoms with van der Waals surface area (Å²) in [7, 11) is 0. The number of benzene rings is 1. The van der Waals surface area contributed by atoms with Crippen LogP contribution >= 0.6 is 0 Å². The first-order chi connectivity index (χ1) is 8.97. The fraction of sp³-hybridized carbons (Fsp3) is 0.429. The number of nitriles is 1. The molecule has 5 heteroatoms. The highest BCUT2D eigenvalue weighted by atomic mass is 19.1. The van der Waals surface area contributed by atoms with E-state index in [-0.39, 0.29) is 23.9 Å². The van der Waals surface area contributed by atoms with Crippen LogP contribution in [-0.4, -0.2) is 11.9 Å². The Morgan fingerprint density at radius 1 is 1.58 bits per heavy atom. The molecule has 1 aromatic carbocycles. The van der Waals surface area contributed by atoms with Crippen LogP contribution in [0.3, 0.4) is 0 Å². The molecule has 19 heavy (non-hydrogen) atoms. The molecule has 0 aliphatic rings. The van der Waals surface area contributed by atoms with E-state index in [0.29, 0.717) is 11.3 Å². The molecule has 0 fully saturated rings. The van der Waals surface area contributed by atoms with E-state index < -0.39 is 5.82 Å². The lowest BCUT2D eigenvalue weighted by atomic mass is 10.1. The third-order valence-corrected chi connectivity index (χ3v) is 2.85. The quantitative estimate of drug-likeness (QED) is 0.856. The second-order valence-electron chi connectivity index (χ2n) is 4.54. The van der Waals surface area contributed by atoms with Crippen molar-refractivity contribution in [2.24, 2.45) is 5.73 Å². The van der Waals surface area contributed by atoms with Gasteiger partial charge in [0.05, 0.1) is 11.6 Å². The lowest BCUT2D eigenvalue weighted by Crippen LogP contribution is -2.27. The molecule has 0 aromatic heterocycles. The Hall–Kier alpha value is -1.93. The van der Waals surface area contributed by atoms with Crippen molar-refractivity contribution in [1.82, 2.24) is 0 Å². The second-order valence-corrected chi connectivity index (χ2v) is 4.54. The van der Waals surface area contributed by atoms with Crippen molar-refractivity contribution >= 4 is 11.6 Å². The number of halogens is 1. The minimum absolute atomic E-state index is 0.177. The fourth-order valence-electron chi connectivity index (χ4n) is 1.79. The van der Waals surface area contributed by atoms with Crippen LogP contribution in [0, 0.1) is 24.1 Å². The van der Waals surface area contributed by atoms with Crippen molar-refractivity contribution in [2.75, 3.05) is 5.32 Å². The molecule has 0 aliphatic heterocycles. The van der Waals surface area contributed by atoms with Crippen LogP contribution in [0.4, 0.5) is 10.1 Å². The molecule has 3 N–H and O–H groups in total. The Kier molecular flexibility index (Phi) is 5.46. The van der Waals surface area contributed by atoms with Crippen LogP contribution in [0.1, 0.15) is 37.3 Å². The Balaban J connectivity index is 2.79. The van der Waals surface area contributed by atoms with E-state index in [1.807, 2.05) is 13.0 Å². The van der Waals surface area contributed by atoms with Crippen molar-refractivity contribution < 1.29 is 9.18 Å². The maximum absolute atomic E-state index is 13.5. The lowest BCUT2D eigenvalue weighted by Gasteiger charge is -2.12. The molecule has 0 spiro atoms. The minimum Gasteiger partial charge on any atom is -0.327 e. The van der Waals surface area contributed by atoms with Crippen LogP contribution in [0.5, 0.6) is 0 Å². The SMILES string of the molecule is CCCC(N)CC(=O)Nc1cc(C#N)cc(F)c1C. The van der Waals surface area contributed by atoms with Crippen LogP contribution in [0.25, 0.3) is 0 Å². The summed E-state index contributed by atoms with van der Waals surface area (Å²) in [4.78, 5) is 11.8. The van der Waals surface area contributed by atoms with Gasteiger partial charge in [0.1, 0.15) is 5.82 Å². The van der Waals surface area contributed by atoms with Crippen molar-refractivity contribution in [3.8, 4) is 6.07 Å². The molecule has 0 saturated heterocycles. The summed E-state index contributed by atoms with van der Waals surface area (Å²) in [5, 5.41) is 11.4. The molecular formula is C14H18FN3O. The smallest absolute Gasteiger partial charge is 0.225 e. The number of rotatable bonds is 5. The highest BCUT2D eigenvalue weighted by molar-refractivity contribution is 5.92. The van der Waals surface area contributed by atoms with Crippen molar-refractivity contribution in [2.45, 2.75) is 39.2 Å². The summed E-state index contributed by atoms with van der Waals surface area (Å²) in [6.07, 6.45) is 1.86. The van der Waals surface area contributed by atoms with E-state index in [2.05, 4.69) is 5.32 Å². The first-order valence-corrected chi connectivity index (χ1v) is 6.23. The van der Waals surface area contributed by atoms with Crippen LogP contribution in [0.2, 0.25) is 0 Å². The predicted octanol–water partition coefficient (Wildman–Crippen LogP) is 2.46. The van der Waals surface area contributed by atoms with Gasteiger partial charge in [0, 0.05) is 23.7 Å².